The molecule has 2 N–H and O–H groups in total. The largest absolute Gasteiger partial charge is 0.493 e. The normalized spacial score (nSPS) is 20.7. The third kappa shape index (κ3) is 5.65. The van der Waals surface area contributed by atoms with E-state index in [4.69, 9.17) is 14.2 Å². The molecule has 2 aliphatic heterocycles. The zero-order valence-electron chi connectivity index (χ0n) is 18.2. The predicted octanol–water partition coefficient (Wildman–Crippen LogP) is 3.04. The first-order valence-electron chi connectivity index (χ1n) is 10.8. The fraction of sp³-hybridized carbons (Fsp3) is 0.458. The SMILES string of the molecule is COc1ccccc1OCC(O)CN1CCC2(CC1)OC(=O)NC2Cc1ccccc1.Cl. The Hall–Kier alpha value is -2.48. The summed E-state index contributed by atoms with van der Waals surface area (Å²) < 4.78 is 16.8. The molecule has 1 amide bonds. The maximum absolute atomic E-state index is 12.0. The number of rotatable bonds is 8. The lowest BCUT2D eigenvalue weighted by atomic mass is 9.82. The Kier molecular flexibility index (Phi) is 8.23. The molecule has 1 spiro atoms. The van der Waals surface area contributed by atoms with Gasteiger partial charge in [-0.15, -0.1) is 12.4 Å². The number of nitrogens with zero attached hydrogens (tertiary/aromatic N) is 1. The number of hydrogen-bond acceptors (Lipinski definition) is 6. The zero-order chi connectivity index (χ0) is 21.7. The van der Waals surface area contributed by atoms with E-state index < -0.39 is 11.7 Å². The molecule has 0 aliphatic carbocycles. The second-order valence-electron chi connectivity index (χ2n) is 8.26. The molecule has 0 radical (unpaired) electrons. The number of hydrogen-bond donors (Lipinski definition) is 2. The van der Waals surface area contributed by atoms with Crippen molar-refractivity contribution in [2.24, 2.45) is 0 Å². The van der Waals surface area contributed by atoms with E-state index in [1.54, 1.807) is 7.11 Å². The number of benzene rings is 2. The summed E-state index contributed by atoms with van der Waals surface area (Å²) in [6, 6.07) is 17.5. The molecule has 2 aliphatic rings. The van der Waals surface area contributed by atoms with Gasteiger partial charge in [-0.2, -0.15) is 0 Å². The number of methoxy groups -OCH3 is 1. The Labute approximate surface area is 195 Å². The number of β-amino-alcohol motifs (C(OH)–C–C–N with tert-alkyl or cyclic N) is 1. The molecular weight excluding hydrogens is 432 g/mol. The highest BCUT2D eigenvalue weighted by molar-refractivity contribution is 5.85. The number of likely N-dealkylation sites (tertiary alicyclic amines) is 1. The van der Waals surface area contributed by atoms with Gasteiger partial charge in [0.1, 0.15) is 18.3 Å². The highest BCUT2D eigenvalue weighted by atomic mass is 35.5. The van der Waals surface area contributed by atoms with E-state index in [-0.39, 0.29) is 31.1 Å². The number of amides is 1. The van der Waals surface area contributed by atoms with Gasteiger partial charge < -0.3 is 29.5 Å². The van der Waals surface area contributed by atoms with Gasteiger partial charge in [-0.3, -0.25) is 0 Å². The lowest BCUT2D eigenvalue weighted by Crippen LogP contribution is -2.53. The summed E-state index contributed by atoms with van der Waals surface area (Å²) in [5, 5.41) is 13.5. The lowest BCUT2D eigenvalue weighted by molar-refractivity contribution is -0.0300. The molecule has 0 bridgehead atoms. The molecule has 32 heavy (non-hydrogen) atoms. The number of ether oxygens (including phenoxy) is 3. The minimum absolute atomic E-state index is 0. The topological polar surface area (TPSA) is 80.3 Å². The Balaban J connectivity index is 0.00000289. The smallest absolute Gasteiger partial charge is 0.408 e. The van der Waals surface area contributed by atoms with Crippen molar-refractivity contribution in [3.63, 3.8) is 0 Å². The molecule has 2 atom stereocenters. The number of aliphatic hydroxyl groups is 1. The van der Waals surface area contributed by atoms with Crippen LogP contribution in [0.4, 0.5) is 4.79 Å². The lowest BCUT2D eigenvalue weighted by Gasteiger charge is -2.41. The van der Waals surface area contributed by atoms with Gasteiger partial charge in [-0.1, -0.05) is 42.5 Å². The van der Waals surface area contributed by atoms with Crippen molar-refractivity contribution in [3.8, 4) is 11.5 Å². The van der Waals surface area contributed by atoms with E-state index in [1.165, 1.54) is 5.56 Å². The van der Waals surface area contributed by atoms with Crippen LogP contribution in [0.15, 0.2) is 54.6 Å². The van der Waals surface area contributed by atoms with Crippen LogP contribution in [0.1, 0.15) is 18.4 Å². The molecule has 2 fully saturated rings. The van der Waals surface area contributed by atoms with E-state index in [2.05, 4.69) is 22.3 Å². The van der Waals surface area contributed by atoms with Crippen molar-refractivity contribution in [1.29, 1.82) is 0 Å². The Morgan fingerprint density at radius 3 is 2.47 bits per heavy atom. The molecule has 0 saturated carbocycles. The van der Waals surface area contributed by atoms with Crippen molar-refractivity contribution in [1.82, 2.24) is 10.2 Å². The van der Waals surface area contributed by atoms with Crippen molar-refractivity contribution in [3.05, 3.63) is 60.2 Å². The minimum Gasteiger partial charge on any atom is -0.493 e. The van der Waals surface area contributed by atoms with Crippen molar-refractivity contribution in [2.75, 3.05) is 33.4 Å². The fourth-order valence-electron chi connectivity index (χ4n) is 4.49. The number of piperidine rings is 1. The minimum atomic E-state index is -0.622. The zero-order valence-corrected chi connectivity index (χ0v) is 19.1. The van der Waals surface area contributed by atoms with Crippen LogP contribution in [0.3, 0.4) is 0 Å². The molecule has 2 unspecified atom stereocenters. The highest BCUT2D eigenvalue weighted by Crippen LogP contribution is 2.35. The third-order valence-electron chi connectivity index (χ3n) is 6.18. The number of para-hydroxylation sites is 2. The summed E-state index contributed by atoms with van der Waals surface area (Å²) in [7, 11) is 1.60. The van der Waals surface area contributed by atoms with Crippen LogP contribution in [-0.2, 0) is 11.2 Å². The first-order chi connectivity index (χ1) is 15.1. The molecule has 2 saturated heterocycles. The molecule has 174 valence electrons. The molecule has 2 aromatic carbocycles. The summed E-state index contributed by atoms with van der Waals surface area (Å²) in [5.74, 6) is 1.27. The van der Waals surface area contributed by atoms with Gasteiger partial charge in [0.2, 0.25) is 0 Å². The second kappa shape index (κ2) is 10.9. The number of carbonyl (C=O) groups excluding carboxylic acids is 1. The average Bonchev–Trinajstić information content (AvgIpc) is 3.09. The van der Waals surface area contributed by atoms with Gasteiger partial charge in [-0.05, 0) is 24.1 Å². The predicted molar refractivity (Wildman–Crippen MR) is 124 cm³/mol. The summed E-state index contributed by atoms with van der Waals surface area (Å²) in [5.41, 5.74) is 0.700. The van der Waals surface area contributed by atoms with Crippen LogP contribution in [0.2, 0.25) is 0 Å². The molecule has 2 aromatic rings. The Bertz CT molecular complexity index is 874. The highest BCUT2D eigenvalue weighted by Gasteiger charge is 2.50. The quantitative estimate of drug-likeness (QED) is 0.627. The number of halogens is 1. The fourth-order valence-corrected chi connectivity index (χ4v) is 4.49. The standard InChI is InChI=1S/C24H30N2O5.ClH/c1-29-20-9-5-6-10-21(20)30-17-19(27)16-26-13-11-24(12-14-26)22(25-23(28)31-24)15-18-7-3-2-4-8-18;/h2-10,19,22,27H,11-17H2,1H3,(H,25,28);1H. The summed E-state index contributed by atoms with van der Waals surface area (Å²) >= 11 is 0. The van der Waals surface area contributed by atoms with Crippen molar-refractivity contribution >= 4 is 18.5 Å². The summed E-state index contributed by atoms with van der Waals surface area (Å²) in [6.07, 6.45) is 1.28. The number of aliphatic hydroxyl groups excluding tert-OH is 1. The second-order valence-corrected chi connectivity index (χ2v) is 8.26. The van der Waals surface area contributed by atoms with E-state index in [9.17, 15) is 9.90 Å². The van der Waals surface area contributed by atoms with Crippen LogP contribution in [-0.4, -0.2) is 67.2 Å². The maximum atomic E-state index is 12.0. The molecule has 7 nitrogen and oxygen atoms in total. The third-order valence-corrected chi connectivity index (χ3v) is 6.18. The van der Waals surface area contributed by atoms with E-state index >= 15 is 0 Å². The number of alkyl carbamates (subject to hydrolysis) is 1. The summed E-state index contributed by atoms with van der Waals surface area (Å²) in [4.78, 5) is 14.2. The van der Waals surface area contributed by atoms with Gasteiger partial charge in [0.25, 0.3) is 0 Å². The van der Waals surface area contributed by atoms with Crippen LogP contribution >= 0.6 is 12.4 Å². The average molecular weight is 463 g/mol. The first-order valence-corrected chi connectivity index (χ1v) is 10.8. The van der Waals surface area contributed by atoms with Gasteiger partial charge in [0.15, 0.2) is 11.5 Å². The number of carbonyl (C=O) groups is 1. The summed E-state index contributed by atoms with van der Waals surface area (Å²) in [6.45, 7) is 2.21. The van der Waals surface area contributed by atoms with Gasteiger partial charge >= 0.3 is 6.09 Å². The number of nitrogens with one attached hydrogen (secondary N) is 1. The van der Waals surface area contributed by atoms with Crippen molar-refractivity contribution in [2.45, 2.75) is 37.0 Å². The monoisotopic (exact) mass is 462 g/mol. The molecular formula is C24H31ClN2O5. The van der Waals surface area contributed by atoms with Crippen LogP contribution in [0.25, 0.3) is 0 Å². The van der Waals surface area contributed by atoms with Crippen molar-refractivity contribution < 1.29 is 24.1 Å². The van der Waals surface area contributed by atoms with E-state index in [0.717, 1.165) is 32.4 Å². The first kappa shape index (κ1) is 24.2. The molecule has 4 rings (SSSR count). The molecule has 8 heteroatoms. The van der Waals surface area contributed by atoms with E-state index in [1.807, 2.05) is 42.5 Å². The van der Waals surface area contributed by atoms with Crippen LogP contribution < -0.4 is 14.8 Å². The van der Waals surface area contributed by atoms with Gasteiger partial charge in [0, 0.05) is 32.5 Å². The van der Waals surface area contributed by atoms with Crippen LogP contribution in [0, 0.1) is 0 Å². The van der Waals surface area contributed by atoms with Gasteiger partial charge in [-0.25, -0.2) is 4.79 Å². The molecule has 0 aromatic heterocycles. The Morgan fingerprint density at radius 1 is 1.12 bits per heavy atom. The Morgan fingerprint density at radius 2 is 1.78 bits per heavy atom. The maximum Gasteiger partial charge on any atom is 0.408 e. The van der Waals surface area contributed by atoms with Crippen LogP contribution in [0.5, 0.6) is 11.5 Å². The van der Waals surface area contributed by atoms with Gasteiger partial charge in [0.05, 0.1) is 13.2 Å². The van der Waals surface area contributed by atoms with E-state index in [0.29, 0.717) is 18.0 Å². The molecule has 2 heterocycles.